The van der Waals surface area contributed by atoms with E-state index in [1.165, 1.54) is 0 Å². The smallest absolute Gasteiger partial charge is 0.123 e. The summed E-state index contributed by atoms with van der Waals surface area (Å²) in [5, 5.41) is 7.57. The zero-order valence-corrected chi connectivity index (χ0v) is 16.7. The maximum Gasteiger partial charge on any atom is 0.123 e. The zero-order valence-electron chi connectivity index (χ0n) is 16.7. The van der Waals surface area contributed by atoms with Gasteiger partial charge in [-0.25, -0.2) is 4.98 Å². The number of furan rings is 1. The Bertz CT molecular complexity index is 1060. The minimum atomic E-state index is 0.0883. The summed E-state index contributed by atoms with van der Waals surface area (Å²) in [5.41, 5.74) is 4.92. The van der Waals surface area contributed by atoms with Crippen LogP contribution in [0.15, 0.2) is 59.3 Å². The first-order chi connectivity index (χ1) is 13.5. The van der Waals surface area contributed by atoms with E-state index in [1.54, 1.807) is 0 Å². The van der Waals surface area contributed by atoms with E-state index in [9.17, 15) is 0 Å². The molecule has 4 aromatic rings. The molecule has 0 radical (unpaired) electrons. The zero-order chi connectivity index (χ0) is 19.7. The first-order valence-corrected chi connectivity index (χ1v) is 9.38. The SMILES string of the molecule is Cc1cc(-c2c(-c3ccccc3)ncn2CC(c2ccc(C)o2)N(C)C)n[nH]1. The molecule has 0 spiro atoms. The molecule has 0 bridgehead atoms. The van der Waals surface area contributed by atoms with Gasteiger partial charge in [0.05, 0.1) is 23.8 Å². The van der Waals surface area contributed by atoms with Gasteiger partial charge in [-0.1, -0.05) is 30.3 Å². The largest absolute Gasteiger partial charge is 0.465 e. The van der Waals surface area contributed by atoms with Crippen molar-refractivity contribution in [1.29, 1.82) is 0 Å². The van der Waals surface area contributed by atoms with Gasteiger partial charge in [-0.3, -0.25) is 10.00 Å². The highest BCUT2D eigenvalue weighted by molar-refractivity contribution is 5.76. The van der Waals surface area contributed by atoms with E-state index in [0.717, 1.165) is 39.9 Å². The molecule has 3 heterocycles. The fourth-order valence-electron chi connectivity index (χ4n) is 3.46. The average molecular weight is 375 g/mol. The van der Waals surface area contributed by atoms with Crippen LogP contribution in [0.25, 0.3) is 22.6 Å². The van der Waals surface area contributed by atoms with Crippen LogP contribution in [0.3, 0.4) is 0 Å². The van der Waals surface area contributed by atoms with E-state index in [0.29, 0.717) is 6.54 Å². The van der Waals surface area contributed by atoms with Crippen LogP contribution >= 0.6 is 0 Å². The van der Waals surface area contributed by atoms with E-state index in [1.807, 2.05) is 50.5 Å². The van der Waals surface area contributed by atoms with Gasteiger partial charge < -0.3 is 8.98 Å². The fraction of sp³-hybridized carbons (Fsp3) is 0.273. The van der Waals surface area contributed by atoms with Crippen molar-refractivity contribution in [3.63, 3.8) is 0 Å². The molecular formula is C22H25N5O. The number of aryl methyl sites for hydroxylation is 2. The Hall–Kier alpha value is -3.12. The highest BCUT2D eigenvalue weighted by atomic mass is 16.3. The number of likely N-dealkylation sites (N-methyl/N-ethyl adjacent to an activating group) is 1. The predicted octanol–water partition coefficient (Wildman–Crippen LogP) is 4.45. The molecule has 3 aromatic heterocycles. The first kappa shape index (κ1) is 18.3. The number of H-pyrrole nitrogens is 1. The van der Waals surface area contributed by atoms with Crippen LogP contribution in [-0.2, 0) is 6.54 Å². The maximum absolute atomic E-state index is 5.92. The van der Waals surface area contributed by atoms with Crippen molar-refractivity contribution < 1.29 is 4.42 Å². The molecule has 1 atom stereocenters. The molecular weight excluding hydrogens is 350 g/mol. The maximum atomic E-state index is 5.92. The number of rotatable bonds is 6. The van der Waals surface area contributed by atoms with E-state index in [2.05, 4.69) is 52.0 Å². The molecule has 144 valence electrons. The molecule has 1 unspecified atom stereocenters. The third kappa shape index (κ3) is 3.51. The van der Waals surface area contributed by atoms with Crippen molar-refractivity contribution in [2.75, 3.05) is 14.1 Å². The van der Waals surface area contributed by atoms with Crippen molar-refractivity contribution in [2.45, 2.75) is 26.4 Å². The quantitative estimate of drug-likeness (QED) is 0.541. The molecule has 0 aliphatic heterocycles. The van der Waals surface area contributed by atoms with E-state index < -0.39 is 0 Å². The Morgan fingerprint density at radius 2 is 1.89 bits per heavy atom. The summed E-state index contributed by atoms with van der Waals surface area (Å²) < 4.78 is 8.09. The molecule has 0 aliphatic rings. The predicted molar refractivity (Wildman–Crippen MR) is 110 cm³/mol. The summed E-state index contributed by atoms with van der Waals surface area (Å²) in [5.74, 6) is 1.86. The summed E-state index contributed by atoms with van der Waals surface area (Å²) in [7, 11) is 4.13. The number of hydrogen-bond acceptors (Lipinski definition) is 4. The molecule has 0 fully saturated rings. The van der Waals surface area contributed by atoms with Crippen LogP contribution in [0.2, 0.25) is 0 Å². The second-order valence-corrected chi connectivity index (χ2v) is 7.32. The van der Waals surface area contributed by atoms with Crippen LogP contribution < -0.4 is 0 Å². The van der Waals surface area contributed by atoms with Gasteiger partial charge in [0, 0.05) is 17.8 Å². The number of nitrogens with zero attached hydrogens (tertiary/aromatic N) is 4. The minimum absolute atomic E-state index is 0.0883. The normalized spacial score (nSPS) is 12.6. The van der Waals surface area contributed by atoms with Crippen LogP contribution in [0.1, 0.15) is 23.3 Å². The lowest BCUT2D eigenvalue weighted by atomic mass is 10.1. The van der Waals surface area contributed by atoms with E-state index in [-0.39, 0.29) is 6.04 Å². The lowest BCUT2D eigenvalue weighted by Gasteiger charge is -2.23. The van der Waals surface area contributed by atoms with Crippen molar-refractivity contribution in [3.05, 3.63) is 72.1 Å². The Labute approximate surface area is 164 Å². The topological polar surface area (TPSA) is 62.9 Å². The summed E-state index contributed by atoms with van der Waals surface area (Å²) in [4.78, 5) is 6.91. The molecule has 0 amide bonds. The second kappa shape index (κ2) is 7.48. The van der Waals surface area contributed by atoms with Gasteiger partial charge in [0.1, 0.15) is 17.2 Å². The van der Waals surface area contributed by atoms with Gasteiger partial charge >= 0.3 is 0 Å². The van der Waals surface area contributed by atoms with Crippen molar-refractivity contribution in [3.8, 4) is 22.6 Å². The number of imidazole rings is 1. The summed E-state index contributed by atoms with van der Waals surface area (Å²) in [6.45, 7) is 4.69. The third-order valence-electron chi connectivity index (χ3n) is 4.92. The van der Waals surface area contributed by atoms with E-state index >= 15 is 0 Å². The standard InChI is InChI=1S/C22H25N5O/c1-15-12-18(25-24-15)22-21(17-8-6-5-7-9-17)23-14-27(22)13-19(26(3)4)20-11-10-16(2)28-20/h5-12,14,19H,13H2,1-4H3,(H,24,25). The first-order valence-electron chi connectivity index (χ1n) is 9.38. The van der Waals surface area contributed by atoms with Gasteiger partial charge in [-0.2, -0.15) is 5.10 Å². The van der Waals surface area contributed by atoms with Crippen LogP contribution in [0, 0.1) is 13.8 Å². The number of hydrogen-bond donors (Lipinski definition) is 1. The minimum Gasteiger partial charge on any atom is -0.465 e. The van der Waals surface area contributed by atoms with Gasteiger partial charge in [0.2, 0.25) is 0 Å². The average Bonchev–Trinajstić information content (AvgIpc) is 3.39. The highest BCUT2D eigenvalue weighted by Gasteiger charge is 2.23. The van der Waals surface area contributed by atoms with Crippen LogP contribution in [0.4, 0.5) is 0 Å². The fourth-order valence-corrected chi connectivity index (χ4v) is 3.46. The number of aromatic nitrogens is 4. The molecule has 4 rings (SSSR count). The lowest BCUT2D eigenvalue weighted by molar-refractivity contribution is 0.231. The Kier molecular flexibility index (Phi) is 4.88. The summed E-state index contributed by atoms with van der Waals surface area (Å²) >= 11 is 0. The molecule has 28 heavy (non-hydrogen) atoms. The summed E-state index contributed by atoms with van der Waals surface area (Å²) in [6.07, 6.45) is 1.90. The third-order valence-corrected chi connectivity index (χ3v) is 4.92. The highest BCUT2D eigenvalue weighted by Crippen LogP contribution is 2.32. The molecule has 0 saturated carbocycles. The number of benzene rings is 1. The van der Waals surface area contributed by atoms with Crippen LogP contribution in [0.5, 0.6) is 0 Å². The van der Waals surface area contributed by atoms with Crippen LogP contribution in [-0.4, -0.2) is 38.7 Å². The molecule has 1 N–H and O–H groups in total. The van der Waals surface area contributed by atoms with Crippen molar-refractivity contribution in [2.24, 2.45) is 0 Å². The molecule has 6 heteroatoms. The Balaban J connectivity index is 1.79. The Morgan fingerprint density at radius 1 is 1.11 bits per heavy atom. The number of nitrogens with one attached hydrogen (secondary N) is 1. The molecule has 6 nitrogen and oxygen atoms in total. The van der Waals surface area contributed by atoms with E-state index in [4.69, 9.17) is 9.40 Å². The van der Waals surface area contributed by atoms with Crippen molar-refractivity contribution in [1.82, 2.24) is 24.6 Å². The van der Waals surface area contributed by atoms with Gasteiger partial charge in [-0.15, -0.1) is 0 Å². The monoisotopic (exact) mass is 375 g/mol. The molecule has 1 aromatic carbocycles. The van der Waals surface area contributed by atoms with Gasteiger partial charge in [-0.05, 0) is 46.1 Å². The summed E-state index contributed by atoms with van der Waals surface area (Å²) in [6, 6.07) is 16.4. The lowest BCUT2D eigenvalue weighted by Crippen LogP contribution is -2.24. The Morgan fingerprint density at radius 3 is 2.50 bits per heavy atom. The van der Waals surface area contributed by atoms with Gasteiger partial charge in [0.25, 0.3) is 0 Å². The molecule has 0 aliphatic carbocycles. The van der Waals surface area contributed by atoms with Crippen molar-refractivity contribution >= 4 is 0 Å². The second-order valence-electron chi connectivity index (χ2n) is 7.32. The van der Waals surface area contributed by atoms with Gasteiger partial charge in [0.15, 0.2) is 0 Å². The number of aromatic amines is 1. The molecule has 0 saturated heterocycles.